The number of hydrogen-bond acceptors (Lipinski definition) is 4. The minimum Gasteiger partial charge on any atom is -1.00 e. The van der Waals surface area contributed by atoms with Gasteiger partial charge in [-0.1, -0.05) is 42.2 Å². The van der Waals surface area contributed by atoms with Gasteiger partial charge in [-0.3, -0.25) is 0 Å². The summed E-state index contributed by atoms with van der Waals surface area (Å²) in [6, 6.07) is 16.9. The molecule has 0 aliphatic carbocycles. The lowest BCUT2D eigenvalue weighted by Crippen LogP contribution is -3.00. The number of nitrogens with zero attached hydrogens (tertiary/aromatic N) is 1. The number of amides is 2. The van der Waals surface area contributed by atoms with Crippen LogP contribution in [-0.2, 0) is 6.54 Å². The van der Waals surface area contributed by atoms with Crippen LogP contribution in [0.15, 0.2) is 72.6 Å². The third kappa shape index (κ3) is 6.07. The minimum atomic E-state index is -0.340. The average molecular weight is 475 g/mol. The van der Waals surface area contributed by atoms with E-state index in [0.29, 0.717) is 13.2 Å². The van der Waals surface area contributed by atoms with E-state index in [1.165, 1.54) is 11.3 Å². The number of aromatic nitrogens is 1. The fourth-order valence-electron chi connectivity index (χ4n) is 2.66. The van der Waals surface area contributed by atoms with Gasteiger partial charge in [-0.15, -0.1) is 0 Å². The number of carbonyl (C=O) groups excluding carboxylic acids is 1. The molecule has 0 unspecified atom stereocenters. The van der Waals surface area contributed by atoms with E-state index in [-0.39, 0.29) is 23.0 Å². The number of nitrogens with one attached hydrogen (secondary N) is 3. The van der Waals surface area contributed by atoms with Crippen molar-refractivity contribution in [1.29, 1.82) is 0 Å². The molecule has 3 aromatic rings. The van der Waals surface area contributed by atoms with Crippen molar-refractivity contribution < 1.29 is 31.1 Å². The first kappa shape index (κ1) is 22.4. The highest BCUT2D eigenvalue weighted by atomic mass is 79.9. The summed E-state index contributed by atoms with van der Waals surface area (Å²) in [6.07, 6.45) is 1.82. The Morgan fingerprint density at radius 3 is 2.55 bits per heavy atom. The summed E-state index contributed by atoms with van der Waals surface area (Å²) in [6.45, 7) is 7.04. The zero-order valence-corrected chi connectivity index (χ0v) is 18.4. The Morgan fingerprint density at radius 2 is 1.90 bits per heavy atom. The molecule has 2 amide bonds. The van der Waals surface area contributed by atoms with E-state index in [1.807, 2.05) is 73.0 Å². The summed E-state index contributed by atoms with van der Waals surface area (Å²) in [5.41, 5.74) is 8.47. The first-order valence-electron chi connectivity index (χ1n) is 8.94. The van der Waals surface area contributed by atoms with Crippen molar-refractivity contribution in [2.24, 2.45) is 0 Å². The maximum atomic E-state index is 12.1. The molecule has 0 saturated carbocycles. The van der Waals surface area contributed by atoms with E-state index in [1.54, 1.807) is 0 Å². The van der Waals surface area contributed by atoms with Crippen LogP contribution in [0.3, 0.4) is 0 Å². The molecular weight excluding hydrogens is 452 g/mol. The molecule has 0 radical (unpaired) electrons. The smallest absolute Gasteiger partial charge is 0.358 e. The molecule has 2 aromatic carbocycles. The van der Waals surface area contributed by atoms with Crippen LogP contribution in [0.2, 0.25) is 0 Å². The van der Waals surface area contributed by atoms with Crippen LogP contribution in [0.5, 0.6) is 5.75 Å². The molecule has 0 spiro atoms. The monoisotopic (exact) mass is 474 g/mol. The van der Waals surface area contributed by atoms with Crippen LogP contribution < -0.4 is 42.5 Å². The van der Waals surface area contributed by atoms with Crippen LogP contribution in [0, 0.1) is 0 Å². The lowest BCUT2D eigenvalue weighted by atomic mass is 10.1. The lowest BCUT2D eigenvalue weighted by molar-refractivity contribution is -0.658. The highest BCUT2D eigenvalue weighted by Crippen LogP contribution is 2.25. The van der Waals surface area contributed by atoms with Crippen molar-refractivity contribution in [2.75, 3.05) is 17.3 Å². The normalized spacial score (nSPS) is 9.83. The van der Waals surface area contributed by atoms with Crippen molar-refractivity contribution in [3.05, 3.63) is 72.6 Å². The summed E-state index contributed by atoms with van der Waals surface area (Å²) >= 11 is 1.50. The molecule has 0 bridgehead atoms. The van der Waals surface area contributed by atoms with Gasteiger partial charge in [-0.2, -0.15) is 10.9 Å². The molecule has 8 heteroatoms. The van der Waals surface area contributed by atoms with Gasteiger partial charge in [-0.05, 0) is 43.3 Å². The maximum absolute atomic E-state index is 12.1. The van der Waals surface area contributed by atoms with E-state index in [2.05, 4.69) is 27.3 Å². The van der Waals surface area contributed by atoms with Gasteiger partial charge in [0.05, 0.1) is 6.61 Å². The number of urea groups is 1. The molecule has 0 fully saturated rings. The standard InChI is InChI=1S/C21H22N4O2S.BrH/c1-3-14-25-19(16-10-12-18(13-11-16)27-4-2)15-28-21(25)24-23-20(26)22-17-8-6-5-7-9-17;/h3,5-13,15H,1,4,14H2,2H3,(H2,22,23,26);1H. The fourth-order valence-corrected chi connectivity index (χ4v) is 3.56. The van der Waals surface area contributed by atoms with E-state index < -0.39 is 0 Å². The molecule has 3 N–H and O–H groups in total. The van der Waals surface area contributed by atoms with E-state index in [4.69, 9.17) is 4.74 Å². The van der Waals surface area contributed by atoms with Crippen molar-refractivity contribution >= 4 is 28.2 Å². The first-order valence-corrected chi connectivity index (χ1v) is 9.82. The molecule has 29 heavy (non-hydrogen) atoms. The molecule has 0 saturated heterocycles. The molecule has 152 valence electrons. The second-order valence-corrected chi connectivity index (χ2v) is 6.71. The number of allylic oxidation sites excluding steroid dienone is 1. The molecule has 0 atom stereocenters. The second-order valence-electron chi connectivity index (χ2n) is 5.85. The van der Waals surface area contributed by atoms with Crippen LogP contribution in [0.4, 0.5) is 15.6 Å². The summed E-state index contributed by atoms with van der Waals surface area (Å²) in [5.74, 6) is 0.842. The van der Waals surface area contributed by atoms with Crippen LogP contribution >= 0.6 is 11.3 Å². The van der Waals surface area contributed by atoms with Gasteiger partial charge in [0.15, 0.2) is 0 Å². The zero-order chi connectivity index (χ0) is 19.8. The number of halogens is 1. The predicted molar refractivity (Wildman–Crippen MR) is 114 cm³/mol. The zero-order valence-electron chi connectivity index (χ0n) is 16.0. The van der Waals surface area contributed by atoms with Gasteiger partial charge >= 0.3 is 11.2 Å². The SMILES string of the molecule is C=CC[n+]1c(-c2ccc(OCC)cc2)csc1NNC(=O)Nc1ccccc1.[Br-]. The quantitative estimate of drug-likeness (QED) is 0.263. The number of ether oxygens (including phenoxy) is 1. The average Bonchev–Trinajstić information content (AvgIpc) is 3.11. The fraction of sp³-hybridized carbons (Fsp3) is 0.143. The van der Waals surface area contributed by atoms with E-state index in [9.17, 15) is 4.79 Å². The Balaban J connectivity index is 0.00000300. The molecule has 1 aromatic heterocycles. The number of thiazole rings is 1. The van der Waals surface area contributed by atoms with Crippen molar-refractivity contribution in [3.63, 3.8) is 0 Å². The minimum absolute atomic E-state index is 0. The van der Waals surface area contributed by atoms with Crippen LogP contribution in [0.1, 0.15) is 6.92 Å². The molecule has 1 heterocycles. The third-order valence-corrected chi connectivity index (χ3v) is 4.79. The van der Waals surface area contributed by atoms with Gasteiger partial charge in [0.2, 0.25) is 0 Å². The molecular formula is C21H23BrN4O2S. The predicted octanol–water partition coefficient (Wildman–Crippen LogP) is 1.44. The Kier molecular flexibility index (Phi) is 8.69. The number of hydrazine groups is 1. The summed E-state index contributed by atoms with van der Waals surface area (Å²) < 4.78 is 7.56. The van der Waals surface area contributed by atoms with Gasteiger partial charge < -0.3 is 27.0 Å². The van der Waals surface area contributed by atoms with E-state index >= 15 is 0 Å². The Bertz CT molecular complexity index is 930. The van der Waals surface area contributed by atoms with E-state index in [0.717, 1.165) is 27.8 Å². The van der Waals surface area contributed by atoms with Gasteiger partial charge in [0.1, 0.15) is 18.0 Å². The summed E-state index contributed by atoms with van der Waals surface area (Å²) in [4.78, 5) is 12.1. The Morgan fingerprint density at radius 1 is 1.17 bits per heavy atom. The highest BCUT2D eigenvalue weighted by Gasteiger charge is 2.19. The van der Waals surface area contributed by atoms with Gasteiger partial charge in [0, 0.05) is 16.6 Å². The topological polar surface area (TPSA) is 66.3 Å². The van der Waals surface area contributed by atoms with Crippen molar-refractivity contribution in [2.45, 2.75) is 13.5 Å². The molecule has 3 rings (SSSR count). The largest absolute Gasteiger partial charge is 1.00 e. The molecule has 0 aliphatic rings. The number of para-hydroxylation sites is 1. The summed E-state index contributed by atoms with van der Waals surface area (Å²) in [7, 11) is 0. The van der Waals surface area contributed by atoms with Crippen molar-refractivity contribution in [1.82, 2.24) is 5.43 Å². The van der Waals surface area contributed by atoms with Gasteiger partial charge in [0.25, 0.3) is 0 Å². The second kappa shape index (κ2) is 11.2. The number of carbonyl (C=O) groups is 1. The lowest BCUT2D eigenvalue weighted by Gasteiger charge is -2.07. The molecule has 6 nitrogen and oxygen atoms in total. The Labute approximate surface area is 185 Å². The van der Waals surface area contributed by atoms with Crippen LogP contribution in [0.25, 0.3) is 11.3 Å². The number of benzene rings is 2. The third-order valence-electron chi connectivity index (χ3n) is 3.91. The number of anilines is 2. The Hall–Kier alpha value is -2.84. The van der Waals surface area contributed by atoms with Crippen molar-refractivity contribution in [3.8, 4) is 17.0 Å². The first-order chi connectivity index (χ1) is 13.7. The highest BCUT2D eigenvalue weighted by molar-refractivity contribution is 7.13. The maximum Gasteiger partial charge on any atom is 0.358 e. The number of rotatable bonds is 8. The number of hydrogen-bond donors (Lipinski definition) is 3. The molecule has 0 aliphatic heterocycles. The van der Waals surface area contributed by atoms with Crippen LogP contribution in [-0.4, -0.2) is 12.6 Å². The van der Waals surface area contributed by atoms with Gasteiger partial charge in [-0.25, -0.2) is 9.36 Å². The summed E-state index contributed by atoms with van der Waals surface area (Å²) in [5, 5.41) is 5.61.